The minimum absolute atomic E-state index is 0.142. The second-order valence-electron chi connectivity index (χ2n) is 6.29. The topological polar surface area (TPSA) is 58.4 Å². The summed E-state index contributed by atoms with van der Waals surface area (Å²) < 4.78 is 5.54. The van der Waals surface area contributed by atoms with Crippen LogP contribution in [0, 0.1) is 13.8 Å². The predicted molar refractivity (Wildman–Crippen MR) is 94.8 cm³/mol. The Hall–Kier alpha value is -2.01. The first-order chi connectivity index (χ1) is 11.4. The van der Waals surface area contributed by atoms with E-state index in [0.29, 0.717) is 10.7 Å². The van der Waals surface area contributed by atoms with Crippen molar-refractivity contribution in [3.8, 4) is 0 Å². The molecule has 1 fully saturated rings. The van der Waals surface area contributed by atoms with Crippen molar-refractivity contribution in [1.29, 1.82) is 0 Å². The number of rotatable bonds is 4. The summed E-state index contributed by atoms with van der Waals surface area (Å²) in [6, 6.07) is 5.23. The lowest BCUT2D eigenvalue weighted by Gasteiger charge is -2.18. The minimum atomic E-state index is -0.162. The Bertz CT molecular complexity index is 751. The van der Waals surface area contributed by atoms with Crippen molar-refractivity contribution in [3.05, 3.63) is 46.0 Å². The van der Waals surface area contributed by atoms with Crippen LogP contribution in [0.2, 0.25) is 5.15 Å². The van der Waals surface area contributed by atoms with E-state index >= 15 is 0 Å². The molecule has 0 aromatic carbocycles. The number of pyridine rings is 1. The van der Waals surface area contributed by atoms with Crippen LogP contribution in [-0.2, 0) is 0 Å². The van der Waals surface area contributed by atoms with E-state index in [1.165, 1.54) is 0 Å². The molecule has 2 aromatic rings. The highest BCUT2D eigenvalue weighted by Crippen LogP contribution is 2.24. The van der Waals surface area contributed by atoms with E-state index in [1.54, 1.807) is 6.07 Å². The molecule has 1 saturated heterocycles. The van der Waals surface area contributed by atoms with Crippen LogP contribution in [0.1, 0.15) is 53.2 Å². The zero-order valence-corrected chi connectivity index (χ0v) is 15.0. The van der Waals surface area contributed by atoms with Gasteiger partial charge in [0.1, 0.15) is 22.5 Å². The lowest BCUT2D eigenvalue weighted by Crippen LogP contribution is -2.27. The number of amides is 1. The quantitative estimate of drug-likeness (QED) is 0.848. The first kappa shape index (κ1) is 16.8. The van der Waals surface area contributed by atoms with Crippen LogP contribution in [0.25, 0.3) is 0 Å². The summed E-state index contributed by atoms with van der Waals surface area (Å²) in [5.74, 6) is 2.27. The Balaban J connectivity index is 1.78. The highest BCUT2D eigenvalue weighted by Gasteiger charge is 2.19. The normalized spacial score (nSPS) is 15.6. The largest absolute Gasteiger partial charge is 0.466 e. The van der Waals surface area contributed by atoms with E-state index in [9.17, 15) is 4.79 Å². The first-order valence-corrected chi connectivity index (χ1v) is 8.62. The zero-order chi connectivity index (χ0) is 17.3. The third-order valence-electron chi connectivity index (χ3n) is 4.37. The van der Waals surface area contributed by atoms with Gasteiger partial charge in [0.2, 0.25) is 0 Å². The van der Waals surface area contributed by atoms with Crippen LogP contribution in [-0.4, -0.2) is 24.0 Å². The molecule has 0 bridgehead atoms. The van der Waals surface area contributed by atoms with Gasteiger partial charge in [-0.15, -0.1) is 0 Å². The Kier molecular flexibility index (Phi) is 4.81. The molecule has 1 N–H and O–H groups in total. The number of carbonyl (C=O) groups excluding carboxylic acids is 1. The molecule has 1 atom stereocenters. The third kappa shape index (κ3) is 3.56. The maximum Gasteiger partial charge on any atom is 0.252 e. The first-order valence-electron chi connectivity index (χ1n) is 8.24. The van der Waals surface area contributed by atoms with Crippen molar-refractivity contribution in [2.45, 2.75) is 39.7 Å². The molecule has 0 aliphatic carbocycles. The van der Waals surface area contributed by atoms with E-state index in [-0.39, 0.29) is 11.9 Å². The van der Waals surface area contributed by atoms with Gasteiger partial charge in [-0.3, -0.25) is 4.79 Å². The van der Waals surface area contributed by atoms with Crippen LogP contribution in [0.15, 0.2) is 22.6 Å². The highest BCUT2D eigenvalue weighted by molar-refractivity contribution is 6.29. The standard InChI is InChI=1S/C18H22ClN3O2/c1-11-8-15(13(3)24-11)12(2)20-18(23)14-9-16(19)21-17(10-14)22-6-4-5-7-22/h8-10,12H,4-7H2,1-3H3,(H,20,23)/t12-/m0/s1. The molecule has 1 amide bonds. The van der Waals surface area contributed by atoms with Crippen molar-refractivity contribution in [2.75, 3.05) is 18.0 Å². The second kappa shape index (κ2) is 6.85. The van der Waals surface area contributed by atoms with Gasteiger partial charge in [0.05, 0.1) is 6.04 Å². The molecule has 24 heavy (non-hydrogen) atoms. The number of hydrogen-bond donors (Lipinski definition) is 1. The molecule has 1 aliphatic rings. The minimum Gasteiger partial charge on any atom is -0.466 e. The summed E-state index contributed by atoms with van der Waals surface area (Å²) in [5.41, 5.74) is 1.52. The van der Waals surface area contributed by atoms with Crippen molar-refractivity contribution in [3.63, 3.8) is 0 Å². The number of furan rings is 1. The molecule has 3 rings (SSSR count). The Morgan fingerprint density at radius 2 is 2.00 bits per heavy atom. The van der Waals surface area contributed by atoms with Gasteiger partial charge in [0.25, 0.3) is 5.91 Å². The molecule has 6 heteroatoms. The summed E-state index contributed by atoms with van der Waals surface area (Å²) in [7, 11) is 0. The number of aryl methyl sites for hydroxylation is 2. The Morgan fingerprint density at radius 3 is 2.62 bits per heavy atom. The molecular weight excluding hydrogens is 326 g/mol. The molecule has 1 aliphatic heterocycles. The van der Waals surface area contributed by atoms with Crippen LogP contribution in [0.4, 0.5) is 5.82 Å². The second-order valence-corrected chi connectivity index (χ2v) is 6.68. The van der Waals surface area contributed by atoms with Gasteiger partial charge in [0.15, 0.2) is 0 Å². The summed E-state index contributed by atoms with van der Waals surface area (Å²) in [5, 5.41) is 3.35. The summed E-state index contributed by atoms with van der Waals surface area (Å²) in [4.78, 5) is 19.1. The van der Waals surface area contributed by atoms with Crippen LogP contribution >= 0.6 is 11.6 Å². The summed E-state index contributed by atoms with van der Waals surface area (Å²) >= 11 is 6.12. The Labute approximate surface area is 147 Å². The lowest BCUT2D eigenvalue weighted by molar-refractivity contribution is 0.0939. The number of nitrogens with zero attached hydrogens (tertiary/aromatic N) is 2. The van der Waals surface area contributed by atoms with Crippen molar-refractivity contribution in [2.24, 2.45) is 0 Å². The number of nitrogens with one attached hydrogen (secondary N) is 1. The molecule has 0 unspecified atom stereocenters. The fraction of sp³-hybridized carbons (Fsp3) is 0.444. The number of aromatic nitrogens is 1. The third-order valence-corrected chi connectivity index (χ3v) is 4.56. The summed E-state index contributed by atoms with van der Waals surface area (Å²) in [6.07, 6.45) is 2.29. The average molecular weight is 348 g/mol. The van der Waals surface area contributed by atoms with Gasteiger partial charge in [-0.2, -0.15) is 0 Å². The van der Waals surface area contributed by atoms with E-state index in [2.05, 4.69) is 15.2 Å². The van der Waals surface area contributed by atoms with E-state index < -0.39 is 0 Å². The number of halogens is 1. The van der Waals surface area contributed by atoms with Gasteiger partial charge in [-0.05, 0) is 51.8 Å². The monoisotopic (exact) mass is 347 g/mol. The number of anilines is 1. The van der Waals surface area contributed by atoms with Crippen LogP contribution in [0.3, 0.4) is 0 Å². The van der Waals surface area contributed by atoms with Gasteiger partial charge in [-0.25, -0.2) is 4.98 Å². The number of hydrogen-bond acceptors (Lipinski definition) is 4. The van der Waals surface area contributed by atoms with Gasteiger partial charge >= 0.3 is 0 Å². The van der Waals surface area contributed by atoms with Crippen molar-refractivity contribution >= 4 is 23.3 Å². The van der Waals surface area contributed by atoms with Crippen LogP contribution < -0.4 is 10.2 Å². The summed E-state index contributed by atoms with van der Waals surface area (Å²) in [6.45, 7) is 7.66. The molecule has 3 heterocycles. The maximum absolute atomic E-state index is 12.6. The maximum atomic E-state index is 12.6. The molecular formula is C18H22ClN3O2. The van der Waals surface area contributed by atoms with Gasteiger partial charge in [-0.1, -0.05) is 11.6 Å². The smallest absolute Gasteiger partial charge is 0.252 e. The zero-order valence-electron chi connectivity index (χ0n) is 14.2. The van der Waals surface area contributed by atoms with Crippen molar-refractivity contribution < 1.29 is 9.21 Å². The predicted octanol–water partition coefficient (Wildman–Crippen LogP) is 4.04. The molecule has 5 nitrogen and oxygen atoms in total. The van der Waals surface area contributed by atoms with Crippen LogP contribution in [0.5, 0.6) is 0 Å². The molecule has 0 radical (unpaired) electrons. The molecule has 128 valence electrons. The van der Waals surface area contributed by atoms with E-state index in [4.69, 9.17) is 16.0 Å². The Morgan fingerprint density at radius 1 is 1.29 bits per heavy atom. The lowest BCUT2D eigenvalue weighted by atomic mass is 10.1. The van der Waals surface area contributed by atoms with E-state index in [0.717, 1.165) is 48.8 Å². The fourth-order valence-electron chi connectivity index (χ4n) is 3.16. The SMILES string of the molecule is Cc1cc([C@H](C)NC(=O)c2cc(Cl)nc(N3CCCC3)c2)c(C)o1. The van der Waals surface area contributed by atoms with E-state index in [1.807, 2.05) is 32.9 Å². The van der Waals surface area contributed by atoms with Crippen molar-refractivity contribution in [1.82, 2.24) is 10.3 Å². The van der Waals surface area contributed by atoms with Gasteiger partial charge in [0, 0.05) is 24.2 Å². The molecule has 2 aromatic heterocycles. The average Bonchev–Trinajstić information content (AvgIpc) is 3.16. The fourth-order valence-corrected chi connectivity index (χ4v) is 3.36. The number of carbonyl (C=O) groups is 1. The molecule has 0 saturated carbocycles. The molecule has 0 spiro atoms. The van der Waals surface area contributed by atoms with Gasteiger partial charge < -0.3 is 14.6 Å². The highest BCUT2D eigenvalue weighted by atomic mass is 35.5.